The number of anilines is 2. The first-order chi connectivity index (χ1) is 20.7. The van der Waals surface area contributed by atoms with E-state index >= 15 is 0 Å². The normalized spacial score (nSPS) is 13.3. The Bertz CT molecular complexity index is 1950. The van der Waals surface area contributed by atoms with E-state index in [4.69, 9.17) is 16.6 Å². The Labute approximate surface area is 257 Å². The maximum absolute atomic E-state index is 13.8. The molecular formula is C30H30ClN9O2S. The highest BCUT2D eigenvalue weighted by atomic mass is 35.5. The number of hydrogen-bond acceptors (Lipinski definition) is 9. The van der Waals surface area contributed by atoms with Crippen molar-refractivity contribution in [3.63, 3.8) is 0 Å². The molecule has 0 saturated heterocycles. The van der Waals surface area contributed by atoms with Gasteiger partial charge in [0.1, 0.15) is 5.15 Å². The number of carbonyl (C=O) groups is 1. The van der Waals surface area contributed by atoms with Gasteiger partial charge in [-0.05, 0) is 56.7 Å². The number of carbonyl (C=O) groups excluding carboxylic acids is 1. The van der Waals surface area contributed by atoms with Gasteiger partial charge in [0.2, 0.25) is 5.95 Å². The maximum Gasteiger partial charge on any atom is 0.281 e. The minimum absolute atomic E-state index is 0.133. The number of amides is 1. The molecule has 2 N–H and O–H groups in total. The van der Waals surface area contributed by atoms with Crippen LogP contribution in [0.5, 0.6) is 0 Å². The summed E-state index contributed by atoms with van der Waals surface area (Å²) in [5.74, 6) is 0.204. The van der Waals surface area contributed by atoms with E-state index in [0.717, 1.165) is 33.8 Å². The fourth-order valence-electron chi connectivity index (χ4n) is 5.53. The van der Waals surface area contributed by atoms with Crippen LogP contribution < -0.4 is 20.5 Å². The molecule has 0 radical (unpaired) electrons. The van der Waals surface area contributed by atoms with E-state index in [9.17, 15) is 9.59 Å². The molecule has 1 aliphatic rings. The number of nitrogens with zero attached hydrogens (tertiary/aromatic N) is 7. The van der Waals surface area contributed by atoms with Crippen LogP contribution in [0.4, 0.5) is 11.6 Å². The Morgan fingerprint density at radius 1 is 1.14 bits per heavy atom. The van der Waals surface area contributed by atoms with Crippen LogP contribution in [-0.2, 0) is 20.1 Å². The fraction of sp³-hybridized carbons (Fsp3) is 0.267. The van der Waals surface area contributed by atoms with Crippen molar-refractivity contribution in [3.05, 3.63) is 98.1 Å². The average Bonchev–Trinajstić information content (AvgIpc) is 3.57. The Kier molecular flexibility index (Phi) is 7.57. The summed E-state index contributed by atoms with van der Waals surface area (Å²) in [6.07, 6.45) is 5.39. The van der Waals surface area contributed by atoms with Crippen molar-refractivity contribution in [1.29, 1.82) is 0 Å². The lowest BCUT2D eigenvalue weighted by atomic mass is 10.0. The number of rotatable bonds is 7. The van der Waals surface area contributed by atoms with Crippen molar-refractivity contribution in [1.82, 2.24) is 34.0 Å². The minimum Gasteiger partial charge on any atom is -0.377 e. The zero-order valence-corrected chi connectivity index (χ0v) is 25.9. The van der Waals surface area contributed by atoms with Gasteiger partial charge in [-0.2, -0.15) is 5.10 Å². The molecule has 1 atom stereocenters. The maximum atomic E-state index is 13.8. The van der Waals surface area contributed by atoms with Crippen LogP contribution >= 0.6 is 23.5 Å². The molecule has 13 heteroatoms. The molecule has 0 bridgehead atoms. The molecule has 1 amide bonds. The second-order valence-electron chi connectivity index (χ2n) is 10.6. The zero-order chi connectivity index (χ0) is 30.4. The number of fused-ring (bicyclic) bond motifs is 2. The Morgan fingerprint density at radius 3 is 2.72 bits per heavy atom. The SMILES string of the molecule is CSNC(=O)c1nc(Cl)ccc1NC(C)c1cc(C)cc2c(=O)n(C)c(N3Cc4cnn(-c5cccnc5C)c4C3)nc12. The summed E-state index contributed by atoms with van der Waals surface area (Å²) in [5.41, 5.74) is 6.84. The van der Waals surface area contributed by atoms with Gasteiger partial charge in [0, 0.05) is 37.2 Å². The Hall–Kier alpha value is -4.42. The van der Waals surface area contributed by atoms with Crippen molar-refractivity contribution in [2.75, 3.05) is 16.5 Å². The smallest absolute Gasteiger partial charge is 0.281 e. The number of pyridine rings is 2. The first-order valence-corrected chi connectivity index (χ1v) is 15.3. The molecule has 6 rings (SSSR count). The van der Waals surface area contributed by atoms with Crippen LogP contribution in [0, 0.1) is 13.8 Å². The lowest BCUT2D eigenvalue weighted by molar-refractivity contribution is 0.0980. The van der Waals surface area contributed by atoms with Gasteiger partial charge in [-0.15, -0.1) is 0 Å². The van der Waals surface area contributed by atoms with Gasteiger partial charge in [0.05, 0.1) is 52.4 Å². The van der Waals surface area contributed by atoms with E-state index in [1.165, 1.54) is 11.9 Å². The number of aromatic nitrogens is 6. The van der Waals surface area contributed by atoms with Crippen molar-refractivity contribution in [2.24, 2.45) is 7.05 Å². The second-order valence-corrected chi connectivity index (χ2v) is 11.5. The van der Waals surface area contributed by atoms with E-state index in [-0.39, 0.29) is 28.4 Å². The molecule has 11 nitrogen and oxygen atoms in total. The topological polar surface area (TPSA) is 123 Å². The molecule has 1 aromatic carbocycles. The highest BCUT2D eigenvalue weighted by molar-refractivity contribution is 7.97. The molecule has 4 aromatic heterocycles. The monoisotopic (exact) mass is 615 g/mol. The van der Waals surface area contributed by atoms with E-state index in [1.807, 2.05) is 55.9 Å². The van der Waals surface area contributed by atoms with Gasteiger partial charge >= 0.3 is 0 Å². The molecule has 0 saturated carbocycles. The third-order valence-corrected chi connectivity index (χ3v) is 8.19. The number of nitrogens with one attached hydrogen (secondary N) is 2. The first-order valence-electron chi connectivity index (χ1n) is 13.7. The van der Waals surface area contributed by atoms with E-state index in [1.54, 1.807) is 36.2 Å². The van der Waals surface area contributed by atoms with Gasteiger partial charge in [-0.1, -0.05) is 29.6 Å². The van der Waals surface area contributed by atoms with Crippen LogP contribution in [0.1, 0.15) is 51.5 Å². The number of halogens is 1. The van der Waals surface area contributed by atoms with Crippen LogP contribution in [0.3, 0.4) is 0 Å². The highest BCUT2D eigenvalue weighted by Crippen LogP contribution is 2.32. The predicted molar refractivity (Wildman–Crippen MR) is 170 cm³/mol. The second kappa shape index (κ2) is 11.3. The summed E-state index contributed by atoms with van der Waals surface area (Å²) < 4.78 is 6.23. The van der Waals surface area contributed by atoms with Gasteiger partial charge < -0.3 is 10.2 Å². The zero-order valence-electron chi connectivity index (χ0n) is 24.3. The van der Waals surface area contributed by atoms with Crippen molar-refractivity contribution in [2.45, 2.75) is 39.9 Å². The molecule has 0 spiro atoms. The largest absolute Gasteiger partial charge is 0.377 e. The molecular weight excluding hydrogens is 586 g/mol. The third-order valence-electron chi connectivity index (χ3n) is 7.59. The number of aryl methyl sites for hydroxylation is 2. The molecule has 43 heavy (non-hydrogen) atoms. The highest BCUT2D eigenvalue weighted by Gasteiger charge is 2.29. The lowest BCUT2D eigenvalue weighted by Crippen LogP contribution is -2.29. The quantitative estimate of drug-likeness (QED) is 0.195. The summed E-state index contributed by atoms with van der Waals surface area (Å²) in [5, 5.41) is 8.77. The molecule has 1 unspecified atom stereocenters. The van der Waals surface area contributed by atoms with Crippen molar-refractivity contribution < 1.29 is 4.79 Å². The molecule has 220 valence electrons. The number of hydrogen-bond donors (Lipinski definition) is 2. The molecule has 0 fully saturated rings. The summed E-state index contributed by atoms with van der Waals surface area (Å²) in [6.45, 7) is 6.98. The summed E-state index contributed by atoms with van der Waals surface area (Å²) in [6, 6.07) is 10.8. The fourth-order valence-corrected chi connectivity index (χ4v) is 5.96. The summed E-state index contributed by atoms with van der Waals surface area (Å²) in [4.78, 5) is 42.3. The van der Waals surface area contributed by atoms with Gasteiger partial charge in [0.25, 0.3) is 11.5 Å². The molecule has 1 aliphatic heterocycles. The molecule has 5 aromatic rings. The Balaban J connectivity index is 1.39. The first kappa shape index (κ1) is 28.7. The van der Waals surface area contributed by atoms with Crippen LogP contribution in [0.2, 0.25) is 5.15 Å². The summed E-state index contributed by atoms with van der Waals surface area (Å²) in [7, 11) is 1.75. The van der Waals surface area contributed by atoms with E-state index in [0.29, 0.717) is 35.6 Å². The van der Waals surface area contributed by atoms with E-state index in [2.05, 4.69) is 30.0 Å². The minimum atomic E-state index is -0.360. The van der Waals surface area contributed by atoms with Gasteiger partial charge in [0.15, 0.2) is 5.69 Å². The average molecular weight is 616 g/mol. The molecule has 5 heterocycles. The van der Waals surface area contributed by atoms with Crippen molar-refractivity contribution >= 4 is 52.0 Å². The molecule has 0 aliphatic carbocycles. The van der Waals surface area contributed by atoms with E-state index < -0.39 is 0 Å². The summed E-state index contributed by atoms with van der Waals surface area (Å²) >= 11 is 7.30. The third kappa shape index (κ3) is 5.21. The van der Waals surface area contributed by atoms with Crippen molar-refractivity contribution in [3.8, 4) is 5.69 Å². The number of benzene rings is 1. The van der Waals surface area contributed by atoms with Crippen LogP contribution in [0.25, 0.3) is 16.6 Å². The predicted octanol–water partition coefficient (Wildman–Crippen LogP) is 4.88. The van der Waals surface area contributed by atoms with Crippen LogP contribution in [0.15, 0.2) is 53.6 Å². The van der Waals surface area contributed by atoms with Crippen LogP contribution in [-0.4, -0.2) is 41.5 Å². The Morgan fingerprint density at radius 2 is 1.95 bits per heavy atom. The van der Waals surface area contributed by atoms with Gasteiger partial charge in [-0.3, -0.25) is 23.9 Å². The van der Waals surface area contributed by atoms with Gasteiger partial charge in [-0.25, -0.2) is 14.6 Å². The lowest BCUT2D eigenvalue weighted by Gasteiger charge is -2.23. The standard InChI is InChI=1S/C30H30ClN9O2S/c1-16-11-20(17(2)34-22-8-9-25(31)35-27(22)28(41)37-43-5)26-21(12-16)29(42)38(4)30(36-26)39-14-19-13-33-40(24(19)15-39)23-7-6-10-32-18(23)3/h6-13,17,34H,14-15H2,1-5H3,(H,37,41).